The molecule has 3 aromatic carbocycles. The van der Waals surface area contributed by atoms with E-state index in [9.17, 15) is 0 Å². The molecule has 5 rings (SSSR count). The molecule has 2 aliphatic heterocycles. The van der Waals surface area contributed by atoms with Crippen molar-refractivity contribution in [2.24, 2.45) is 0 Å². The minimum Gasteiger partial charge on any atom is -0.488 e. The Morgan fingerprint density at radius 2 is 1.95 bits per heavy atom. The van der Waals surface area contributed by atoms with Crippen LogP contribution in [0.4, 0.5) is 5.69 Å². The predicted octanol–water partition coefficient (Wildman–Crippen LogP) is 8.67. The zero-order valence-corrected chi connectivity index (χ0v) is 27.0. The van der Waals surface area contributed by atoms with Crippen molar-refractivity contribution in [1.82, 2.24) is 4.90 Å². The van der Waals surface area contributed by atoms with Crippen molar-refractivity contribution < 1.29 is 9.47 Å². The highest BCUT2D eigenvalue weighted by Gasteiger charge is 2.27. The van der Waals surface area contributed by atoms with Gasteiger partial charge in [-0.3, -0.25) is 0 Å². The van der Waals surface area contributed by atoms with Gasteiger partial charge in [0.05, 0.1) is 12.6 Å². The minimum absolute atomic E-state index is 0.394. The van der Waals surface area contributed by atoms with Gasteiger partial charge in [-0.05, 0) is 87.2 Å². The van der Waals surface area contributed by atoms with Crippen LogP contribution in [0.3, 0.4) is 0 Å². The number of hydrogen-bond donors (Lipinski definition) is 2. The highest BCUT2D eigenvalue weighted by Crippen LogP contribution is 2.40. The summed E-state index contributed by atoms with van der Waals surface area (Å²) in [5.74, 6) is 1.62. The Bertz CT molecular complexity index is 1250. The molecule has 1 N–H and O–H groups in total. The number of rotatable bonds is 9. The first-order chi connectivity index (χ1) is 19.1. The largest absolute Gasteiger partial charge is 0.488 e. The van der Waals surface area contributed by atoms with Crippen molar-refractivity contribution >= 4 is 54.2 Å². The topological polar surface area (TPSA) is 33.7 Å². The number of nitrogens with zero attached hydrogens (tertiary/aromatic N) is 1. The third-order valence-electron chi connectivity index (χ3n) is 7.05. The summed E-state index contributed by atoms with van der Waals surface area (Å²) in [6, 6.07) is 21.8. The molecule has 0 saturated carbocycles. The molecule has 0 aliphatic carbocycles. The first kappa shape index (κ1) is 30.2. The molecule has 1 fully saturated rings. The maximum Gasteiger partial charge on any atom is 0.129 e. The SMILES string of the molecule is CCC=C(c1c(C)cc(CS)cc1OCc1ccccc1)N1Cc2cccc(NC3CCOC3)c2C1.CSI. The summed E-state index contributed by atoms with van der Waals surface area (Å²) in [4.78, 5) is 2.50. The second-order valence-corrected chi connectivity index (χ2v) is 13.1. The van der Waals surface area contributed by atoms with E-state index in [0.29, 0.717) is 18.4 Å². The van der Waals surface area contributed by atoms with Crippen molar-refractivity contribution in [3.63, 3.8) is 0 Å². The molecule has 208 valence electrons. The van der Waals surface area contributed by atoms with Crippen LogP contribution in [0.5, 0.6) is 5.75 Å². The molecule has 1 atom stereocenters. The molecular formula is C32H39IN2O2S2. The second-order valence-electron chi connectivity index (χ2n) is 9.87. The number of nitrogens with one attached hydrogen (secondary N) is 1. The van der Waals surface area contributed by atoms with Crippen LogP contribution in [-0.4, -0.2) is 30.4 Å². The van der Waals surface area contributed by atoms with Gasteiger partial charge in [-0.2, -0.15) is 12.6 Å². The van der Waals surface area contributed by atoms with E-state index in [1.165, 1.54) is 44.8 Å². The highest BCUT2D eigenvalue weighted by atomic mass is 127. The van der Waals surface area contributed by atoms with Crippen LogP contribution in [-0.2, 0) is 30.2 Å². The summed E-state index contributed by atoms with van der Waals surface area (Å²) in [5, 5.41) is 3.74. The van der Waals surface area contributed by atoms with Gasteiger partial charge in [0.15, 0.2) is 0 Å². The van der Waals surface area contributed by atoms with Crippen molar-refractivity contribution in [2.45, 2.75) is 58.2 Å². The third-order valence-corrected chi connectivity index (χ3v) is 7.41. The highest BCUT2D eigenvalue weighted by molar-refractivity contribution is 14.2. The lowest BCUT2D eigenvalue weighted by Gasteiger charge is -2.26. The van der Waals surface area contributed by atoms with E-state index in [0.717, 1.165) is 44.9 Å². The number of benzene rings is 3. The van der Waals surface area contributed by atoms with Gasteiger partial charge in [0.2, 0.25) is 0 Å². The van der Waals surface area contributed by atoms with Gasteiger partial charge in [0.1, 0.15) is 12.4 Å². The summed E-state index contributed by atoms with van der Waals surface area (Å²) in [6.45, 7) is 8.34. The Labute approximate surface area is 255 Å². The number of ether oxygens (including phenoxy) is 2. The molecule has 0 aromatic heterocycles. The zero-order chi connectivity index (χ0) is 27.6. The van der Waals surface area contributed by atoms with Gasteiger partial charge in [-0.15, -0.1) is 0 Å². The molecular weight excluding hydrogens is 635 g/mol. The Balaban J connectivity index is 0.00000112. The minimum atomic E-state index is 0.394. The number of thiol groups is 1. The van der Waals surface area contributed by atoms with E-state index in [4.69, 9.17) is 9.47 Å². The van der Waals surface area contributed by atoms with Gasteiger partial charge >= 0.3 is 0 Å². The van der Waals surface area contributed by atoms with Crippen molar-refractivity contribution in [3.05, 3.63) is 100 Å². The molecule has 39 heavy (non-hydrogen) atoms. The lowest BCUT2D eigenvalue weighted by Crippen LogP contribution is -2.20. The molecule has 1 saturated heterocycles. The quantitative estimate of drug-likeness (QED) is 0.176. The predicted molar refractivity (Wildman–Crippen MR) is 179 cm³/mol. The fourth-order valence-corrected chi connectivity index (χ4v) is 5.46. The average Bonchev–Trinajstić information content (AvgIpc) is 3.62. The van der Waals surface area contributed by atoms with Gasteiger partial charge in [0, 0.05) is 42.4 Å². The van der Waals surface area contributed by atoms with E-state index < -0.39 is 0 Å². The van der Waals surface area contributed by atoms with E-state index in [2.05, 4.69) is 119 Å². The van der Waals surface area contributed by atoms with Crippen LogP contribution in [0.1, 0.15) is 53.1 Å². The summed E-state index contributed by atoms with van der Waals surface area (Å²) in [5.41, 5.74) is 10.0. The molecule has 0 bridgehead atoms. The number of halogens is 1. The third kappa shape index (κ3) is 7.90. The molecule has 3 aromatic rings. The Morgan fingerprint density at radius 1 is 1.15 bits per heavy atom. The molecule has 0 spiro atoms. The number of fused-ring (bicyclic) bond motifs is 1. The average molecular weight is 675 g/mol. The van der Waals surface area contributed by atoms with Gasteiger partial charge in [-0.1, -0.05) is 70.5 Å². The van der Waals surface area contributed by atoms with Gasteiger partial charge in [0.25, 0.3) is 0 Å². The number of aryl methyl sites for hydroxylation is 1. The summed E-state index contributed by atoms with van der Waals surface area (Å²) in [6.07, 6.45) is 6.40. The molecule has 0 radical (unpaired) electrons. The molecule has 2 aliphatic rings. The van der Waals surface area contributed by atoms with E-state index in [1.807, 2.05) is 12.3 Å². The maximum absolute atomic E-state index is 6.50. The van der Waals surface area contributed by atoms with Crippen LogP contribution in [0.25, 0.3) is 5.70 Å². The number of hydrogen-bond acceptors (Lipinski definition) is 6. The number of anilines is 1. The lowest BCUT2D eigenvalue weighted by molar-refractivity contribution is 0.195. The van der Waals surface area contributed by atoms with Crippen LogP contribution in [0.15, 0.2) is 66.7 Å². The van der Waals surface area contributed by atoms with Crippen LogP contribution in [0.2, 0.25) is 0 Å². The lowest BCUT2D eigenvalue weighted by atomic mass is 9.99. The van der Waals surface area contributed by atoms with Crippen molar-refractivity contribution in [1.29, 1.82) is 0 Å². The molecule has 1 unspecified atom stereocenters. The molecule has 4 nitrogen and oxygen atoms in total. The monoisotopic (exact) mass is 674 g/mol. The van der Waals surface area contributed by atoms with Crippen LogP contribution in [0, 0.1) is 6.92 Å². The summed E-state index contributed by atoms with van der Waals surface area (Å²) in [7, 11) is 1.72. The fourth-order valence-electron chi connectivity index (χ4n) is 5.27. The molecule has 0 amide bonds. The van der Waals surface area contributed by atoms with E-state index in [-0.39, 0.29) is 0 Å². The Kier molecular flexibility index (Phi) is 11.8. The van der Waals surface area contributed by atoms with E-state index in [1.54, 1.807) is 8.93 Å². The standard InChI is InChI=1S/C31H36N2O2S.CH3IS/c1-3-8-29(33-17-25-11-7-12-28(27(25)18-33)32-26-13-14-34-20-26)31-22(2)15-24(21-36)16-30(31)35-19-23-9-5-4-6-10-23;1-3-2/h4-12,15-16,26,32,36H,3,13-14,17-21H2,1-2H3;1H3. The van der Waals surface area contributed by atoms with Gasteiger partial charge in [-0.25, -0.2) is 0 Å². The molecule has 7 heteroatoms. The zero-order valence-electron chi connectivity index (χ0n) is 23.1. The number of allylic oxidation sites excluding steroid dienone is 1. The maximum atomic E-state index is 6.50. The smallest absolute Gasteiger partial charge is 0.129 e. The Hall–Kier alpha value is -1.81. The first-order valence-electron chi connectivity index (χ1n) is 13.5. The summed E-state index contributed by atoms with van der Waals surface area (Å²) < 4.78 is 12.1. The fraction of sp³-hybridized carbons (Fsp3) is 0.375. The first-order valence-corrected chi connectivity index (χ1v) is 17.9. The van der Waals surface area contributed by atoms with E-state index >= 15 is 0 Å². The van der Waals surface area contributed by atoms with Crippen molar-refractivity contribution in [3.8, 4) is 5.75 Å². The van der Waals surface area contributed by atoms with Crippen LogP contribution < -0.4 is 10.1 Å². The molecule has 2 heterocycles. The van der Waals surface area contributed by atoms with Crippen LogP contribution >= 0.6 is 42.8 Å². The van der Waals surface area contributed by atoms with Gasteiger partial charge < -0.3 is 19.7 Å². The Morgan fingerprint density at radius 3 is 2.64 bits per heavy atom. The van der Waals surface area contributed by atoms with Crippen molar-refractivity contribution in [2.75, 3.05) is 24.8 Å². The normalized spacial score (nSPS) is 16.5. The summed E-state index contributed by atoms with van der Waals surface area (Å²) >= 11 is 6.76. The second kappa shape index (κ2) is 15.3.